The van der Waals surface area contributed by atoms with Gasteiger partial charge in [0.1, 0.15) is 0 Å². The average molecular weight is 380 g/mol. The van der Waals surface area contributed by atoms with E-state index in [1.165, 1.54) is 4.88 Å². The zero-order valence-corrected chi connectivity index (χ0v) is 15.5. The van der Waals surface area contributed by atoms with Gasteiger partial charge in [-0.1, -0.05) is 12.1 Å². The molecule has 0 saturated carbocycles. The molecule has 27 heavy (non-hydrogen) atoms. The lowest BCUT2D eigenvalue weighted by atomic mass is 9.97. The van der Waals surface area contributed by atoms with Crippen LogP contribution in [0.4, 0.5) is 5.13 Å². The van der Waals surface area contributed by atoms with Crippen molar-refractivity contribution in [3.05, 3.63) is 70.5 Å². The van der Waals surface area contributed by atoms with Gasteiger partial charge in [-0.25, -0.2) is 4.98 Å². The molecule has 138 valence electrons. The molecule has 3 aromatic rings. The number of nitrogens with one attached hydrogen (secondary N) is 3. The second-order valence-electron chi connectivity index (χ2n) is 6.55. The molecule has 0 atom stereocenters. The Morgan fingerprint density at radius 1 is 1.04 bits per heavy atom. The normalized spacial score (nSPS) is 14.8. The van der Waals surface area contributed by atoms with Crippen LogP contribution < -0.4 is 10.6 Å². The van der Waals surface area contributed by atoms with Gasteiger partial charge < -0.3 is 10.3 Å². The van der Waals surface area contributed by atoms with Crippen molar-refractivity contribution >= 4 is 28.2 Å². The second-order valence-corrected chi connectivity index (χ2v) is 7.61. The van der Waals surface area contributed by atoms with Gasteiger partial charge in [0, 0.05) is 40.2 Å². The predicted octanol–water partition coefficient (Wildman–Crippen LogP) is 3.42. The first-order valence-electron chi connectivity index (χ1n) is 8.96. The van der Waals surface area contributed by atoms with Gasteiger partial charge in [-0.2, -0.15) is 0 Å². The van der Waals surface area contributed by atoms with E-state index in [1.54, 1.807) is 54.1 Å². The Labute approximate surface area is 161 Å². The molecule has 1 saturated heterocycles. The van der Waals surface area contributed by atoms with E-state index in [2.05, 4.69) is 20.6 Å². The number of benzene rings is 1. The highest BCUT2D eigenvalue weighted by Gasteiger charge is 2.19. The maximum atomic E-state index is 12.5. The molecule has 0 aliphatic carbocycles. The summed E-state index contributed by atoms with van der Waals surface area (Å²) in [6.45, 7) is 2.05. The topological polar surface area (TPSA) is 86.9 Å². The highest BCUT2D eigenvalue weighted by Crippen LogP contribution is 2.31. The third-order valence-electron chi connectivity index (χ3n) is 4.75. The third-order valence-corrected chi connectivity index (χ3v) is 5.83. The minimum Gasteiger partial charge on any atom is -0.367 e. The van der Waals surface area contributed by atoms with Crippen LogP contribution in [0.1, 0.15) is 49.9 Å². The molecule has 0 unspecified atom stereocenters. The van der Waals surface area contributed by atoms with Gasteiger partial charge in [0.15, 0.2) is 10.9 Å². The van der Waals surface area contributed by atoms with Crippen molar-refractivity contribution in [2.45, 2.75) is 18.8 Å². The number of aromatic nitrogens is 2. The van der Waals surface area contributed by atoms with Crippen LogP contribution in [-0.4, -0.2) is 34.7 Å². The Morgan fingerprint density at radius 3 is 2.48 bits per heavy atom. The van der Waals surface area contributed by atoms with Crippen LogP contribution in [-0.2, 0) is 0 Å². The van der Waals surface area contributed by atoms with Crippen LogP contribution >= 0.6 is 11.3 Å². The minimum atomic E-state index is -0.221. The number of aromatic amines is 1. The number of ketones is 1. The van der Waals surface area contributed by atoms with E-state index in [-0.39, 0.29) is 11.7 Å². The molecule has 0 spiro atoms. The van der Waals surface area contributed by atoms with Crippen LogP contribution in [0.15, 0.2) is 48.9 Å². The zero-order valence-electron chi connectivity index (χ0n) is 14.7. The minimum absolute atomic E-state index is 0.0743. The van der Waals surface area contributed by atoms with Crippen molar-refractivity contribution in [2.24, 2.45) is 0 Å². The van der Waals surface area contributed by atoms with Crippen molar-refractivity contribution in [2.75, 3.05) is 18.4 Å². The van der Waals surface area contributed by atoms with Gasteiger partial charge in [0.2, 0.25) is 0 Å². The Morgan fingerprint density at radius 2 is 1.78 bits per heavy atom. The number of hydrogen-bond acceptors (Lipinski definition) is 5. The summed E-state index contributed by atoms with van der Waals surface area (Å²) < 4.78 is 0. The summed E-state index contributed by atoms with van der Waals surface area (Å²) in [5.74, 6) is 0.227. The quantitative estimate of drug-likeness (QED) is 0.592. The molecule has 2 aromatic heterocycles. The fourth-order valence-corrected chi connectivity index (χ4v) is 4.19. The first kappa shape index (κ1) is 17.6. The van der Waals surface area contributed by atoms with Crippen LogP contribution in [0.25, 0.3) is 0 Å². The number of nitrogens with zero attached hydrogens (tertiary/aromatic N) is 1. The van der Waals surface area contributed by atoms with Crippen LogP contribution in [0.3, 0.4) is 0 Å². The summed E-state index contributed by atoms with van der Waals surface area (Å²) in [5.41, 5.74) is 1.65. The number of rotatable bonds is 5. The number of hydrogen-bond donors (Lipinski definition) is 3. The number of H-pyrrole nitrogens is 1. The first-order chi connectivity index (χ1) is 13.2. The molecule has 1 aliphatic rings. The molecule has 4 rings (SSSR count). The molecule has 1 amide bonds. The van der Waals surface area contributed by atoms with E-state index in [4.69, 9.17) is 0 Å². The lowest BCUT2D eigenvalue weighted by molar-refractivity contribution is 0.102. The first-order valence-corrected chi connectivity index (χ1v) is 9.78. The lowest BCUT2D eigenvalue weighted by Gasteiger charge is -2.20. The van der Waals surface area contributed by atoms with Crippen molar-refractivity contribution < 1.29 is 9.59 Å². The molecule has 0 radical (unpaired) electrons. The van der Waals surface area contributed by atoms with Crippen LogP contribution in [0.2, 0.25) is 0 Å². The summed E-state index contributed by atoms with van der Waals surface area (Å²) in [4.78, 5) is 33.2. The predicted molar refractivity (Wildman–Crippen MR) is 106 cm³/mol. The number of carbonyl (C=O) groups excluding carboxylic acids is 2. The number of carbonyl (C=O) groups is 2. The molecule has 7 heteroatoms. The summed E-state index contributed by atoms with van der Waals surface area (Å²) >= 11 is 1.54. The van der Waals surface area contributed by atoms with E-state index >= 15 is 0 Å². The van der Waals surface area contributed by atoms with Gasteiger partial charge in [0.25, 0.3) is 5.91 Å². The van der Waals surface area contributed by atoms with Crippen molar-refractivity contribution in [3.63, 3.8) is 0 Å². The standard InChI is InChI=1S/C20H20N4O2S/c25-18(16-7-10-22-11-16)14-1-3-15(4-2-14)19(26)24-20-23-12-17(27-20)13-5-8-21-9-6-13/h1-4,7,10-13,21-22H,5-6,8-9H2,(H,23,24,26). The van der Waals surface area contributed by atoms with Crippen LogP contribution in [0.5, 0.6) is 0 Å². The SMILES string of the molecule is O=C(Nc1ncc(C2CCNCC2)s1)c1ccc(C(=O)c2cc[nH]c2)cc1. The van der Waals surface area contributed by atoms with Gasteiger partial charge in [-0.05, 0) is 50.0 Å². The summed E-state index contributed by atoms with van der Waals surface area (Å²) in [6, 6.07) is 8.40. The van der Waals surface area contributed by atoms with E-state index < -0.39 is 0 Å². The average Bonchev–Trinajstić information content (AvgIpc) is 3.40. The Kier molecular flexibility index (Phi) is 5.13. The van der Waals surface area contributed by atoms with Gasteiger partial charge in [-0.15, -0.1) is 11.3 Å². The Hall–Kier alpha value is -2.77. The molecule has 0 bridgehead atoms. The Bertz CT molecular complexity index is 925. The molecular formula is C20H20N4O2S. The maximum absolute atomic E-state index is 12.5. The van der Waals surface area contributed by atoms with Gasteiger partial charge in [-0.3, -0.25) is 14.9 Å². The van der Waals surface area contributed by atoms with E-state index in [0.717, 1.165) is 25.9 Å². The highest BCUT2D eigenvalue weighted by atomic mass is 32.1. The van der Waals surface area contributed by atoms with E-state index in [9.17, 15) is 9.59 Å². The monoisotopic (exact) mass is 380 g/mol. The zero-order chi connectivity index (χ0) is 18.6. The smallest absolute Gasteiger partial charge is 0.257 e. The lowest BCUT2D eigenvalue weighted by Crippen LogP contribution is -2.26. The fourth-order valence-electron chi connectivity index (χ4n) is 3.21. The summed E-state index contributed by atoms with van der Waals surface area (Å²) in [5, 5.41) is 6.82. The molecule has 6 nitrogen and oxygen atoms in total. The highest BCUT2D eigenvalue weighted by molar-refractivity contribution is 7.15. The molecule has 1 aliphatic heterocycles. The fraction of sp³-hybridized carbons (Fsp3) is 0.250. The largest absolute Gasteiger partial charge is 0.367 e. The molecule has 3 N–H and O–H groups in total. The Balaban J connectivity index is 1.41. The number of amides is 1. The van der Waals surface area contributed by atoms with Crippen molar-refractivity contribution in [3.8, 4) is 0 Å². The van der Waals surface area contributed by atoms with E-state index in [1.807, 2.05) is 6.20 Å². The second kappa shape index (κ2) is 7.85. The summed E-state index contributed by atoms with van der Waals surface area (Å²) in [6.07, 6.45) is 7.44. The third kappa shape index (κ3) is 3.99. The van der Waals surface area contributed by atoms with Gasteiger partial charge in [0.05, 0.1) is 0 Å². The van der Waals surface area contributed by atoms with Crippen molar-refractivity contribution in [1.82, 2.24) is 15.3 Å². The van der Waals surface area contributed by atoms with Crippen molar-refractivity contribution in [1.29, 1.82) is 0 Å². The van der Waals surface area contributed by atoms with E-state index in [0.29, 0.717) is 27.7 Å². The van der Waals surface area contributed by atoms with Crippen LogP contribution in [0, 0.1) is 0 Å². The molecule has 1 fully saturated rings. The van der Waals surface area contributed by atoms with Gasteiger partial charge >= 0.3 is 0 Å². The molecular weight excluding hydrogens is 360 g/mol. The molecule has 3 heterocycles. The summed E-state index contributed by atoms with van der Waals surface area (Å²) in [7, 11) is 0. The number of piperidine rings is 1. The number of anilines is 1. The molecule has 1 aromatic carbocycles. The maximum Gasteiger partial charge on any atom is 0.257 e. The number of thiazole rings is 1.